The molecular formula is C25H31FO7. The second-order valence-corrected chi connectivity index (χ2v) is 10.4. The number of halogens is 1. The van der Waals surface area contributed by atoms with Gasteiger partial charge in [-0.25, -0.2) is 14.0 Å². The minimum absolute atomic E-state index is 0.138. The molecule has 0 saturated heterocycles. The van der Waals surface area contributed by atoms with Crippen molar-refractivity contribution in [3.8, 4) is 0 Å². The molecule has 33 heavy (non-hydrogen) atoms. The van der Waals surface area contributed by atoms with E-state index in [1.165, 1.54) is 18.2 Å². The van der Waals surface area contributed by atoms with Gasteiger partial charge in [-0.05, 0) is 50.7 Å². The second kappa shape index (κ2) is 7.52. The van der Waals surface area contributed by atoms with Gasteiger partial charge in [-0.2, -0.15) is 0 Å². The molecule has 0 radical (unpaired) electrons. The van der Waals surface area contributed by atoms with Crippen LogP contribution in [0.5, 0.6) is 0 Å². The summed E-state index contributed by atoms with van der Waals surface area (Å²) in [5.41, 5.74) is -5.82. The van der Waals surface area contributed by atoms with Crippen molar-refractivity contribution in [2.75, 3.05) is 6.61 Å². The molecule has 0 aliphatic heterocycles. The number of hydrogen-bond acceptors (Lipinski definition) is 6. The minimum atomic E-state index is -2.09. The maximum absolute atomic E-state index is 17.1. The summed E-state index contributed by atoms with van der Waals surface area (Å²) in [7, 11) is 0. The number of aliphatic carboxylic acids is 1. The number of rotatable bonds is 4. The number of hydrogen-bond donors (Lipinski definition) is 2. The van der Waals surface area contributed by atoms with Crippen LogP contribution in [-0.4, -0.2) is 52.1 Å². The standard InChI is InChI=1S/C25H31FO7/c1-5-10-32-21(31)33-25(20(29)30)14(2)11-18-17-7-6-15-12-16(27)8-9-22(15,3)24(17,26)19(28)13-23(18,25)4/h5,8-9,12,14,17-19,28H,1,6-7,10-11,13H2,2-4H3,(H,29,30)/t14-,17+,18+,19+,22+,23+,24+,25+/m1/s1. The maximum atomic E-state index is 17.1. The van der Waals surface area contributed by atoms with Gasteiger partial charge in [-0.15, -0.1) is 0 Å². The smallest absolute Gasteiger partial charge is 0.478 e. The first-order valence-corrected chi connectivity index (χ1v) is 11.4. The highest BCUT2D eigenvalue weighted by atomic mass is 19.1. The molecule has 0 heterocycles. The number of ketones is 1. The molecule has 180 valence electrons. The van der Waals surface area contributed by atoms with Gasteiger partial charge in [0.15, 0.2) is 11.5 Å². The molecule has 0 bridgehead atoms. The Hall–Kier alpha value is -2.48. The molecule has 0 spiro atoms. The largest absolute Gasteiger partial charge is 0.509 e. The average molecular weight is 463 g/mol. The summed E-state index contributed by atoms with van der Waals surface area (Å²) in [5.74, 6) is -3.31. The molecule has 0 aromatic carbocycles. The number of carbonyl (C=O) groups is 3. The first kappa shape index (κ1) is 23.7. The van der Waals surface area contributed by atoms with E-state index in [1.54, 1.807) is 26.8 Å². The van der Waals surface area contributed by atoms with E-state index in [4.69, 9.17) is 9.47 Å². The Kier molecular flexibility index (Phi) is 5.39. The predicted octanol–water partition coefficient (Wildman–Crippen LogP) is 3.77. The molecular weight excluding hydrogens is 431 g/mol. The van der Waals surface area contributed by atoms with E-state index in [0.717, 1.165) is 0 Å². The van der Waals surface area contributed by atoms with E-state index in [9.17, 15) is 24.6 Å². The van der Waals surface area contributed by atoms with Gasteiger partial charge < -0.3 is 19.7 Å². The number of carbonyl (C=O) groups excluding carboxylic acids is 2. The fraction of sp³-hybridized carbons (Fsp3) is 0.640. The van der Waals surface area contributed by atoms with Crippen molar-refractivity contribution in [3.63, 3.8) is 0 Å². The van der Waals surface area contributed by atoms with Gasteiger partial charge >= 0.3 is 12.1 Å². The van der Waals surface area contributed by atoms with Crippen LogP contribution in [0.3, 0.4) is 0 Å². The van der Waals surface area contributed by atoms with E-state index in [2.05, 4.69) is 6.58 Å². The number of fused-ring (bicyclic) bond motifs is 5. The van der Waals surface area contributed by atoms with E-state index in [0.29, 0.717) is 24.8 Å². The number of carboxylic acid groups (broad SMARTS) is 1. The second-order valence-electron chi connectivity index (χ2n) is 10.4. The quantitative estimate of drug-likeness (QED) is 0.483. The Morgan fingerprint density at radius 3 is 2.67 bits per heavy atom. The normalized spacial score (nSPS) is 45.8. The fourth-order valence-corrected chi connectivity index (χ4v) is 7.54. The van der Waals surface area contributed by atoms with Gasteiger partial charge in [0.1, 0.15) is 6.61 Å². The van der Waals surface area contributed by atoms with Crippen molar-refractivity contribution in [2.24, 2.45) is 28.6 Å². The zero-order valence-electron chi connectivity index (χ0n) is 19.2. The Labute approximate surface area is 192 Å². The Morgan fingerprint density at radius 2 is 2.03 bits per heavy atom. The van der Waals surface area contributed by atoms with Crippen LogP contribution >= 0.6 is 0 Å². The van der Waals surface area contributed by atoms with Crippen LogP contribution < -0.4 is 0 Å². The summed E-state index contributed by atoms with van der Waals surface area (Å²) in [6.45, 7) is 8.38. The molecule has 7 nitrogen and oxygen atoms in total. The van der Waals surface area contributed by atoms with E-state index in [1.807, 2.05) is 0 Å². The van der Waals surface area contributed by atoms with E-state index < -0.39 is 58.1 Å². The third-order valence-electron chi connectivity index (χ3n) is 9.06. The zero-order valence-corrected chi connectivity index (χ0v) is 19.2. The van der Waals surface area contributed by atoms with E-state index in [-0.39, 0.29) is 18.8 Å². The average Bonchev–Trinajstić information content (AvgIpc) is 2.96. The lowest BCUT2D eigenvalue weighted by atomic mass is 9.45. The lowest BCUT2D eigenvalue weighted by molar-refractivity contribution is -0.228. The number of allylic oxidation sites excluding steroid dienone is 4. The zero-order chi connectivity index (χ0) is 24.4. The maximum Gasteiger partial charge on any atom is 0.509 e. The summed E-state index contributed by atoms with van der Waals surface area (Å²) in [5, 5.41) is 21.7. The van der Waals surface area contributed by atoms with Gasteiger partial charge in [0.2, 0.25) is 5.60 Å². The molecule has 0 aromatic rings. The topological polar surface area (TPSA) is 110 Å². The summed E-state index contributed by atoms with van der Waals surface area (Å²) < 4.78 is 27.6. The van der Waals surface area contributed by atoms with Crippen LogP contribution in [0.1, 0.15) is 46.5 Å². The third kappa shape index (κ3) is 2.85. The van der Waals surface area contributed by atoms with Crippen molar-refractivity contribution >= 4 is 17.9 Å². The van der Waals surface area contributed by atoms with Crippen molar-refractivity contribution in [1.29, 1.82) is 0 Å². The molecule has 0 aromatic heterocycles. The van der Waals surface area contributed by atoms with Crippen molar-refractivity contribution in [1.82, 2.24) is 0 Å². The monoisotopic (exact) mass is 462 g/mol. The van der Waals surface area contributed by atoms with Gasteiger partial charge in [0, 0.05) is 22.7 Å². The highest BCUT2D eigenvalue weighted by molar-refractivity contribution is 6.01. The molecule has 8 atom stereocenters. The highest BCUT2D eigenvalue weighted by Gasteiger charge is 2.77. The highest BCUT2D eigenvalue weighted by Crippen LogP contribution is 2.71. The van der Waals surface area contributed by atoms with Crippen LogP contribution in [0, 0.1) is 28.6 Å². The lowest BCUT2D eigenvalue weighted by Crippen LogP contribution is -2.69. The lowest BCUT2D eigenvalue weighted by Gasteiger charge is -2.62. The molecule has 0 amide bonds. The molecule has 4 aliphatic rings. The number of aliphatic hydroxyl groups is 1. The molecule has 0 unspecified atom stereocenters. The number of aliphatic hydroxyl groups excluding tert-OH is 1. The first-order chi connectivity index (χ1) is 15.4. The van der Waals surface area contributed by atoms with Crippen LogP contribution in [0.25, 0.3) is 0 Å². The van der Waals surface area contributed by atoms with Gasteiger partial charge in [-0.3, -0.25) is 4.79 Å². The summed E-state index contributed by atoms with van der Waals surface area (Å²) in [4.78, 5) is 37.0. The Morgan fingerprint density at radius 1 is 1.33 bits per heavy atom. The molecule has 4 aliphatic carbocycles. The van der Waals surface area contributed by atoms with Crippen LogP contribution in [0.4, 0.5) is 9.18 Å². The van der Waals surface area contributed by atoms with Gasteiger partial charge in [0.05, 0.1) is 6.10 Å². The summed E-state index contributed by atoms with van der Waals surface area (Å²) >= 11 is 0. The van der Waals surface area contributed by atoms with Crippen LogP contribution in [-0.2, 0) is 19.1 Å². The first-order valence-electron chi connectivity index (χ1n) is 11.4. The number of carboxylic acids is 1. The predicted molar refractivity (Wildman–Crippen MR) is 116 cm³/mol. The number of ether oxygens (including phenoxy) is 2. The van der Waals surface area contributed by atoms with Crippen molar-refractivity contribution in [3.05, 3.63) is 36.5 Å². The van der Waals surface area contributed by atoms with Crippen molar-refractivity contribution < 1.29 is 38.5 Å². The molecule has 8 heteroatoms. The van der Waals surface area contributed by atoms with Crippen LogP contribution in [0.2, 0.25) is 0 Å². The molecule has 3 fully saturated rings. The van der Waals surface area contributed by atoms with E-state index >= 15 is 4.39 Å². The van der Waals surface area contributed by atoms with Crippen molar-refractivity contribution in [2.45, 2.75) is 63.8 Å². The third-order valence-corrected chi connectivity index (χ3v) is 9.06. The summed E-state index contributed by atoms with van der Waals surface area (Å²) in [6, 6.07) is 0. The van der Waals surface area contributed by atoms with Gasteiger partial charge in [0.25, 0.3) is 0 Å². The SMILES string of the molecule is C=CCOC(=O)O[C@]1(C(=O)O)[C@H](C)C[C@H]2[C@@H]3CCC4=CC(=O)C=C[C@]4(C)[C@@]3(F)[C@@H](O)C[C@@]21C. The molecule has 4 rings (SSSR count). The Balaban J connectivity index is 1.79. The fourth-order valence-electron chi connectivity index (χ4n) is 7.54. The summed E-state index contributed by atoms with van der Waals surface area (Å²) in [6.07, 6.45) is 3.97. The molecule has 3 saturated carbocycles. The molecule has 2 N–H and O–H groups in total. The minimum Gasteiger partial charge on any atom is -0.478 e. The van der Waals surface area contributed by atoms with Gasteiger partial charge in [-0.1, -0.05) is 38.2 Å². The number of alkyl halides is 1. The Bertz CT molecular complexity index is 972. The van der Waals surface area contributed by atoms with Crippen LogP contribution in [0.15, 0.2) is 36.5 Å².